The van der Waals surface area contributed by atoms with Crippen LogP contribution in [0.15, 0.2) is 36.4 Å². The summed E-state index contributed by atoms with van der Waals surface area (Å²) in [5.74, 6) is 0. The molecule has 0 aliphatic heterocycles. The van der Waals surface area contributed by atoms with E-state index in [-0.39, 0.29) is 0 Å². The van der Waals surface area contributed by atoms with Gasteiger partial charge in [0.2, 0.25) is 0 Å². The van der Waals surface area contributed by atoms with E-state index in [0.29, 0.717) is 13.2 Å². The normalized spacial score (nSPS) is 11.7. The molecule has 2 rings (SSSR count). The van der Waals surface area contributed by atoms with E-state index in [1.165, 1.54) is 32.6 Å². The Morgan fingerprint density at radius 3 is 1.35 bits per heavy atom. The molecule has 0 unspecified atom stereocenters. The maximum atomic E-state index is 6.35. The van der Waals surface area contributed by atoms with Crippen molar-refractivity contribution in [1.82, 2.24) is 0 Å². The molecule has 0 aliphatic carbocycles. The van der Waals surface area contributed by atoms with Gasteiger partial charge >= 0.3 is 8.56 Å². The van der Waals surface area contributed by atoms with Gasteiger partial charge in [-0.3, -0.25) is 0 Å². The smallest absolute Gasteiger partial charge is 0.388 e. The molecule has 2 nitrogen and oxygen atoms in total. The summed E-state index contributed by atoms with van der Waals surface area (Å²) in [5, 5.41) is 2.38. The summed E-state index contributed by atoms with van der Waals surface area (Å²) in [6.07, 6.45) is 0. The summed E-state index contributed by atoms with van der Waals surface area (Å²) in [4.78, 5) is 0. The third-order valence-corrected chi connectivity index (χ3v) is 8.00. The molecule has 124 valence electrons. The molecule has 0 saturated carbocycles. The zero-order valence-corrected chi connectivity index (χ0v) is 16.2. The van der Waals surface area contributed by atoms with Gasteiger partial charge in [-0.2, -0.15) is 0 Å². The third kappa shape index (κ3) is 3.57. The fourth-order valence-corrected chi connectivity index (χ4v) is 6.16. The average Bonchev–Trinajstić information content (AvgIpc) is 2.52. The predicted octanol–water partition coefficient (Wildman–Crippen LogP) is 3.55. The second-order valence-corrected chi connectivity index (χ2v) is 9.05. The van der Waals surface area contributed by atoms with E-state index in [0.717, 1.165) is 0 Å². The first-order valence-electron chi connectivity index (χ1n) is 8.38. The third-order valence-electron chi connectivity index (χ3n) is 4.47. The number of rotatable bonds is 6. The lowest BCUT2D eigenvalue weighted by atomic mass is 10.1. The maximum absolute atomic E-state index is 6.35. The van der Waals surface area contributed by atoms with E-state index in [2.05, 4.69) is 64.1 Å². The van der Waals surface area contributed by atoms with E-state index in [1.807, 2.05) is 13.8 Å². The van der Waals surface area contributed by atoms with E-state index in [4.69, 9.17) is 8.85 Å². The van der Waals surface area contributed by atoms with Crippen molar-refractivity contribution in [1.29, 1.82) is 0 Å². The van der Waals surface area contributed by atoms with Gasteiger partial charge in [0.25, 0.3) is 0 Å². The van der Waals surface area contributed by atoms with Crippen molar-refractivity contribution < 1.29 is 8.85 Å². The van der Waals surface area contributed by atoms with Gasteiger partial charge in [0.1, 0.15) is 0 Å². The van der Waals surface area contributed by atoms with E-state index in [9.17, 15) is 0 Å². The van der Waals surface area contributed by atoms with Gasteiger partial charge in [0, 0.05) is 13.2 Å². The molecule has 0 radical (unpaired) electrons. The molecule has 0 spiro atoms. The van der Waals surface area contributed by atoms with Crippen molar-refractivity contribution in [3.05, 3.63) is 58.7 Å². The van der Waals surface area contributed by atoms with Crippen molar-refractivity contribution in [2.24, 2.45) is 0 Å². The Labute approximate surface area is 141 Å². The minimum Gasteiger partial charge on any atom is -0.388 e. The minimum atomic E-state index is -2.66. The largest absolute Gasteiger partial charge is 0.407 e. The Morgan fingerprint density at radius 1 is 0.652 bits per heavy atom. The molecule has 0 aromatic heterocycles. The topological polar surface area (TPSA) is 18.5 Å². The monoisotopic (exact) mass is 328 g/mol. The van der Waals surface area contributed by atoms with Crippen LogP contribution in [0.3, 0.4) is 0 Å². The Kier molecular flexibility index (Phi) is 5.79. The Bertz CT molecular complexity index is 620. The molecular weight excluding hydrogens is 300 g/mol. The fraction of sp³-hybridized carbons (Fsp3) is 0.400. The molecule has 0 heterocycles. The molecule has 0 atom stereocenters. The zero-order chi connectivity index (χ0) is 17.0. The van der Waals surface area contributed by atoms with Crippen LogP contribution in [-0.4, -0.2) is 21.8 Å². The van der Waals surface area contributed by atoms with Gasteiger partial charge in [0.05, 0.1) is 0 Å². The predicted molar refractivity (Wildman–Crippen MR) is 100 cm³/mol. The van der Waals surface area contributed by atoms with E-state index in [1.54, 1.807) is 0 Å². The number of hydrogen-bond donors (Lipinski definition) is 0. The van der Waals surface area contributed by atoms with Crippen LogP contribution in [0.5, 0.6) is 0 Å². The van der Waals surface area contributed by atoms with Crippen LogP contribution in [0.1, 0.15) is 36.1 Å². The van der Waals surface area contributed by atoms with Gasteiger partial charge in [0.15, 0.2) is 0 Å². The van der Waals surface area contributed by atoms with E-state index < -0.39 is 8.56 Å². The number of aryl methyl sites for hydroxylation is 4. The molecule has 3 heteroatoms. The van der Waals surface area contributed by atoms with Gasteiger partial charge in [-0.1, -0.05) is 36.4 Å². The molecule has 2 aromatic carbocycles. The van der Waals surface area contributed by atoms with Crippen LogP contribution in [0, 0.1) is 27.7 Å². The maximum Gasteiger partial charge on any atom is 0.407 e. The van der Waals surface area contributed by atoms with Gasteiger partial charge in [-0.15, -0.1) is 0 Å². The lowest BCUT2D eigenvalue weighted by Crippen LogP contribution is -2.63. The summed E-state index contributed by atoms with van der Waals surface area (Å²) < 4.78 is 12.7. The van der Waals surface area contributed by atoms with Crippen LogP contribution in [0.4, 0.5) is 0 Å². The number of benzene rings is 2. The van der Waals surface area contributed by atoms with Crippen LogP contribution >= 0.6 is 0 Å². The SMILES string of the molecule is CCO[Si](OCC)(c1ccc(C)c(C)c1)c1ccc(C)c(C)c1. The number of hydrogen-bond acceptors (Lipinski definition) is 2. The van der Waals surface area contributed by atoms with Crippen molar-refractivity contribution in [3.8, 4) is 0 Å². The zero-order valence-electron chi connectivity index (χ0n) is 15.2. The second kappa shape index (κ2) is 7.43. The summed E-state index contributed by atoms with van der Waals surface area (Å²) in [7, 11) is -2.66. The lowest BCUT2D eigenvalue weighted by molar-refractivity contribution is 0.208. The molecule has 0 N–H and O–H groups in total. The van der Waals surface area contributed by atoms with Crippen LogP contribution < -0.4 is 10.4 Å². The first-order valence-corrected chi connectivity index (χ1v) is 10.2. The molecular formula is C20H28O2Si. The van der Waals surface area contributed by atoms with Crippen molar-refractivity contribution >= 4 is 18.9 Å². The summed E-state index contributed by atoms with van der Waals surface area (Å²) >= 11 is 0. The van der Waals surface area contributed by atoms with Crippen molar-refractivity contribution in [3.63, 3.8) is 0 Å². The minimum absolute atomic E-state index is 0.645. The second-order valence-electron chi connectivity index (χ2n) is 6.08. The van der Waals surface area contributed by atoms with Crippen LogP contribution in [0.25, 0.3) is 0 Å². The first kappa shape index (κ1) is 17.9. The van der Waals surface area contributed by atoms with Crippen molar-refractivity contribution in [2.45, 2.75) is 41.5 Å². The van der Waals surface area contributed by atoms with Crippen LogP contribution in [0.2, 0.25) is 0 Å². The van der Waals surface area contributed by atoms with Crippen LogP contribution in [-0.2, 0) is 8.85 Å². The van der Waals surface area contributed by atoms with Gasteiger partial charge < -0.3 is 8.85 Å². The van der Waals surface area contributed by atoms with Gasteiger partial charge in [-0.25, -0.2) is 0 Å². The molecule has 0 saturated heterocycles. The Morgan fingerprint density at radius 2 is 1.04 bits per heavy atom. The Hall–Kier alpha value is -1.42. The average molecular weight is 329 g/mol. The Balaban J connectivity index is 2.66. The van der Waals surface area contributed by atoms with Gasteiger partial charge in [-0.05, 0) is 74.2 Å². The first-order chi connectivity index (χ1) is 10.9. The highest BCUT2D eigenvalue weighted by atomic mass is 28.4. The highest BCUT2D eigenvalue weighted by molar-refractivity contribution is 6.92. The molecule has 0 bridgehead atoms. The highest BCUT2D eigenvalue weighted by Crippen LogP contribution is 2.15. The lowest BCUT2D eigenvalue weighted by Gasteiger charge is -2.31. The molecule has 0 fully saturated rings. The molecule has 2 aromatic rings. The van der Waals surface area contributed by atoms with E-state index >= 15 is 0 Å². The highest BCUT2D eigenvalue weighted by Gasteiger charge is 2.42. The summed E-state index contributed by atoms with van der Waals surface area (Å²) in [6.45, 7) is 14.0. The molecule has 0 aliphatic rings. The standard InChI is InChI=1S/C20H28O2Si/c1-7-21-23(22-8-2,19-11-9-15(3)17(5)13-19)20-12-10-16(4)18(6)14-20/h9-14H,7-8H2,1-6H3. The quantitative estimate of drug-likeness (QED) is 0.755. The summed E-state index contributed by atoms with van der Waals surface area (Å²) in [6, 6.07) is 13.2. The summed E-state index contributed by atoms with van der Waals surface area (Å²) in [5.41, 5.74) is 5.15. The fourth-order valence-electron chi connectivity index (χ4n) is 2.84. The molecule has 0 amide bonds. The van der Waals surface area contributed by atoms with Crippen molar-refractivity contribution in [2.75, 3.05) is 13.2 Å². The molecule has 23 heavy (non-hydrogen) atoms.